The van der Waals surface area contributed by atoms with E-state index >= 15 is 0 Å². The Morgan fingerprint density at radius 2 is 1.94 bits per heavy atom. The van der Waals surface area contributed by atoms with Crippen molar-refractivity contribution in [3.8, 4) is 0 Å². The van der Waals surface area contributed by atoms with Gasteiger partial charge in [0.2, 0.25) is 0 Å². The molecule has 2 nitrogen and oxygen atoms in total. The molecule has 3 rings (SSSR count). The third kappa shape index (κ3) is 1.98. The van der Waals surface area contributed by atoms with E-state index in [1.807, 2.05) is 0 Å². The first kappa shape index (κ1) is 12.2. The van der Waals surface area contributed by atoms with Crippen molar-refractivity contribution in [3.63, 3.8) is 0 Å². The number of rotatable bonds is 2. The second-order valence-corrected chi connectivity index (χ2v) is 6.22. The topological polar surface area (TPSA) is 6.48 Å². The Hall–Kier alpha value is -0.860. The minimum atomic E-state index is 0.675. The van der Waals surface area contributed by atoms with Crippen molar-refractivity contribution in [2.45, 2.75) is 31.8 Å². The van der Waals surface area contributed by atoms with Crippen LogP contribution in [0.15, 0.2) is 24.3 Å². The molecule has 0 N–H and O–H groups in total. The van der Waals surface area contributed by atoms with Crippen LogP contribution in [0.5, 0.6) is 0 Å². The van der Waals surface area contributed by atoms with Gasteiger partial charge in [-0.3, -0.25) is 4.90 Å². The van der Waals surface area contributed by atoms with E-state index in [2.05, 4.69) is 55.1 Å². The summed E-state index contributed by atoms with van der Waals surface area (Å²) >= 11 is 0. The lowest BCUT2D eigenvalue weighted by atomic mass is 10.1. The molecule has 98 valence electrons. The Morgan fingerprint density at radius 1 is 1.17 bits per heavy atom. The number of aryl methyl sites for hydroxylation is 1. The molecule has 0 amide bonds. The van der Waals surface area contributed by atoms with Crippen LogP contribution in [0.1, 0.15) is 30.5 Å². The lowest BCUT2D eigenvalue weighted by Gasteiger charge is -2.26. The highest BCUT2D eigenvalue weighted by molar-refractivity contribution is 5.34. The van der Waals surface area contributed by atoms with Gasteiger partial charge in [0.25, 0.3) is 0 Å². The molecule has 1 aliphatic heterocycles. The lowest BCUT2D eigenvalue weighted by Crippen LogP contribution is -2.34. The maximum atomic E-state index is 2.71. The van der Waals surface area contributed by atoms with Crippen molar-refractivity contribution in [1.29, 1.82) is 0 Å². The van der Waals surface area contributed by atoms with E-state index in [1.165, 1.54) is 25.9 Å². The van der Waals surface area contributed by atoms with Crippen LogP contribution < -0.4 is 0 Å². The van der Waals surface area contributed by atoms with Crippen LogP contribution in [0, 0.1) is 5.92 Å². The molecule has 2 aliphatic rings. The van der Waals surface area contributed by atoms with E-state index in [4.69, 9.17) is 0 Å². The fourth-order valence-corrected chi connectivity index (χ4v) is 3.83. The summed E-state index contributed by atoms with van der Waals surface area (Å²) in [6.07, 6.45) is 2.57. The molecule has 18 heavy (non-hydrogen) atoms. The predicted molar refractivity (Wildman–Crippen MR) is 75.7 cm³/mol. The zero-order valence-electron chi connectivity index (χ0n) is 11.8. The van der Waals surface area contributed by atoms with Crippen molar-refractivity contribution in [2.24, 2.45) is 5.92 Å². The molecule has 1 aliphatic carbocycles. The minimum Gasteiger partial charge on any atom is -0.305 e. The third-order valence-corrected chi connectivity index (χ3v) is 4.81. The maximum absolute atomic E-state index is 2.71. The molecule has 2 heteroatoms. The van der Waals surface area contributed by atoms with Gasteiger partial charge in [-0.25, -0.2) is 0 Å². The number of nitrogens with zero attached hydrogens (tertiary/aromatic N) is 2. The molecule has 1 saturated heterocycles. The third-order valence-electron chi connectivity index (χ3n) is 4.81. The van der Waals surface area contributed by atoms with Gasteiger partial charge in [-0.15, -0.1) is 0 Å². The average Bonchev–Trinajstić information content (AvgIpc) is 2.92. The molecule has 1 heterocycles. The summed E-state index contributed by atoms with van der Waals surface area (Å²) in [4.78, 5) is 5.10. The van der Waals surface area contributed by atoms with Crippen LogP contribution in [0.2, 0.25) is 0 Å². The minimum absolute atomic E-state index is 0.675. The first-order valence-electron chi connectivity index (χ1n) is 7.15. The molecular weight excluding hydrogens is 220 g/mol. The summed E-state index contributed by atoms with van der Waals surface area (Å²) in [5.74, 6) is 0.785. The van der Waals surface area contributed by atoms with Gasteiger partial charge < -0.3 is 4.90 Å². The van der Waals surface area contributed by atoms with Gasteiger partial charge in [-0.05, 0) is 44.0 Å². The SMILES string of the molecule is C[C@H]1CN([C@H]2CCc3ccccc32)C[C@@H]1N(C)C. The Bertz CT molecular complexity index is 427. The summed E-state index contributed by atoms with van der Waals surface area (Å²) in [6, 6.07) is 10.4. The first-order valence-corrected chi connectivity index (χ1v) is 7.15. The second-order valence-electron chi connectivity index (χ2n) is 6.22. The molecule has 0 saturated carbocycles. The average molecular weight is 244 g/mol. The summed E-state index contributed by atoms with van der Waals surface area (Å²) in [7, 11) is 4.43. The van der Waals surface area contributed by atoms with E-state index < -0.39 is 0 Å². The molecular formula is C16H24N2. The lowest BCUT2D eigenvalue weighted by molar-refractivity contribution is 0.215. The normalized spacial score (nSPS) is 32.1. The van der Waals surface area contributed by atoms with Gasteiger partial charge in [0.15, 0.2) is 0 Å². The highest BCUT2D eigenvalue weighted by atomic mass is 15.3. The Labute approximate surface area is 111 Å². The van der Waals surface area contributed by atoms with E-state index in [0.29, 0.717) is 6.04 Å². The van der Waals surface area contributed by atoms with Gasteiger partial charge in [0, 0.05) is 25.2 Å². The Kier molecular flexibility index (Phi) is 3.16. The fraction of sp³-hybridized carbons (Fsp3) is 0.625. The number of likely N-dealkylation sites (tertiary alicyclic amines) is 1. The largest absolute Gasteiger partial charge is 0.305 e. The molecule has 0 spiro atoms. The molecule has 1 fully saturated rings. The number of fused-ring (bicyclic) bond motifs is 1. The highest BCUT2D eigenvalue weighted by Crippen LogP contribution is 2.38. The van der Waals surface area contributed by atoms with Crippen molar-refractivity contribution < 1.29 is 0 Å². The van der Waals surface area contributed by atoms with Crippen molar-refractivity contribution in [1.82, 2.24) is 9.80 Å². The van der Waals surface area contributed by atoms with Gasteiger partial charge >= 0.3 is 0 Å². The molecule has 0 aromatic heterocycles. The van der Waals surface area contributed by atoms with Gasteiger partial charge in [-0.1, -0.05) is 31.2 Å². The monoisotopic (exact) mass is 244 g/mol. The van der Waals surface area contributed by atoms with E-state index in [1.54, 1.807) is 11.1 Å². The van der Waals surface area contributed by atoms with Crippen molar-refractivity contribution in [3.05, 3.63) is 35.4 Å². The van der Waals surface area contributed by atoms with Crippen LogP contribution in [-0.4, -0.2) is 43.0 Å². The number of likely N-dealkylation sites (N-methyl/N-ethyl adjacent to an activating group) is 1. The zero-order valence-corrected chi connectivity index (χ0v) is 11.8. The standard InChI is InChI=1S/C16H24N2/c1-12-10-18(11-16(12)17(2)3)15-9-8-13-6-4-5-7-14(13)15/h4-7,12,15-16H,8-11H2,1-3H3/t12-,15-,16-/m0/s1. The fourth-order valence-electron chi connectivity index (χ4n) is 3.83. The Morgan fingerprint density at radius 3 is 2.67 bits per heavy atom. The number of hydrogen-bond acceptors (Lipinski definition) is 2. The van der Waals surface area contributed by atoms with Crippen LogP contribution in [0.25, 0.3) is 0 Å². The highest BCUT2D eigenvalue weighted by Gasteiger charge is 2.37. The zero-order chi connectivity index (χ0) is 12.7. The summed E-state index contributed by atoms with van der Waals surface area (Å²) in [6.45, 7) is 4.88. The van der Waals surface area contributed by atoms with Gasteiger partial charge in [0.05, 0.1) is 0 Å². The summed E-state index contributed by atoms with van der Waals surface area (Å²) in [5, 5.41) is 0. The number of hydrogen-bond donors (Lipinski definition) is 0. The second kappa shape index (κ2) is 4.67. The first-order chi connectivity index (χ1) is 8.66. The number of benzene rings is 1. The van der Waals surface area contributed by atoms with Crippen molar-refractivity contribution >= 4 is 0 Å². The van der Waals surface area contributed by atoms with Crippen LogP contribution >= 0.6 is 0 Å². The molecule has 0 radical (unpaired) electrons. The quantitative estimate of drug-likeness (QED) is 0.789. The van der Waals surface area contributed by atoms with E-state index in [9.17, 15) is 0 Å². The van der Waals surface area contributed by atoms with Crippen LogP contribution in [0.3, 0.4) is 0 Å². The van der Waals surface area contributed by atoms with Crippen LogP contribution in [0.4, 0.5) is 0 Å². The molecule has 0 unspecified atom stereocenters. The van der Waals surface area contributed by atoms with Gasteiger partial charge in [0.1, 0.15) is 0 Å². The summed E-state index contributed by atoms with van der Waals surface area (Å²) in [5.41, 5.74) is 3.16. The summed E-state index contributed by atoms with van der Waals surface area (Å²) < 4.78 is 0. The van der Waals surface area contributed by atoms with Crippen molar-refractivity contribution in [2.75, 3.05) is 27.2 Å². The smallest absolute Gasteiger partial charge is 0.0354 e. The van der Waals surface area contributed by atoms with E-state index in [-0.39, 0.29) is 0 Å². The predicted octanol–water partition coefficient (Wildman–Crippen LogP) is 2.56. The van der Waals surface area contributed by atoms with Gasteiger partial charge in [-0.2, -0.15) is 0 Å². The maximum Gasteiger partial charge on any atom is 0.0354 e. The molecule has 1 aromatic carbocycles. The Balaban J connectivity index is 1.78. The molecule has 0 bridgehead atoms. The van der Waals surface area contributed by atoms with E-state index in [0.717, 1.165) is 12.0 Å². The van der Waals surface area contributed by atoms with Crippen LogP contribution in [-0.2, 0) is 6.42 Å². The molecule has 1 aromatic rings. The molecule has 3 atom stereocenters.